The molecule has 6 nitrogen and oxygen atoms in total. The van der Waals surface area contributed by atoms with E-state index in [1.165, 1.54) is 19.3 Å². The van der Waals surface area contributed by atoms with Crippen molar-refractivity contribution < 1.29 is 4.79 Å². The lowest BCUT2D eigenvalue weighted by Crippen LogP contribution is -2.37. The summed E-state index contributed by atoms with van der Waals surface area (Å²) < 4.78 is 1.55. The van der Waals surface area contributed by atoms with Gasteiger partial charge in [-0.3, -0.25) is 9.48 Å². The van der Waals surface area contributed by atoms with E-state index in [-0.39, 0.29) is 12.5 Å². The topological polar surface area (TPSA) is 85.0 Å². The number of amides is 1. The maximum atomic E-state index is 10.8. The van der Waals surface area contributed by atoms with Crippen molar-refractivity contribution in [3.05, 3.63) is 12.4 Å². The van der Waals surface area contributed by atoms with E-state index in [9.17, 15) is 4.79 Å². The Morgan fingerprint density at radius 2 is 2.53 bits per heavy atom. The third-order valence-electron chi connectivity index (χ3n) is 3.41. The van der Waals surface area contributed by atoms with Crippen LogP contribution in [0.15, 0.2) is 12.4 Å². The van der Waals surface area contributed by atoms with E-state index in [2.05, 4.69) is 22.7 Å². The van der Waals surface area contributed by atoms with Crippen LogP contribution in [0, 0.1) is 0 Å². The number of anilines is 1. The van der Waals surface area contributed by atoms with Crippen LogP contribution in [0.5, 0.6) is 0 Å². The van der Waals surface area contributed by atoms with Gasteiger partial charge in [0.25, 0.3) is 0 Å². The lowest BCUT2D eigenvalue weighted by molar-refractivity contribution is -0.118. The predicted octanol–water partition coefficient (Wildman–Crippen LogP) is 0.701. The van der Waals surface area contributed by atoms with Crippen molar-refractivity contribution >= 4 is 11.6 Å². The van der Waals surface area contributed by atoms with Gasteiger partial charge in [0.15, 0.2) is 0 Å². The van der Waals surface area contributed by atoms with Crippen molar-refractivity contribution in [1.82, 2.24) is 15.1 Å². The van der Waals surface area contributed by atoms with E-state index in [1.807, 2.05) is 6.20 Å². The minimum atomic E-state index is -0.380. The van der Waals surface area contributed by atoms with Crippen molar-refractivity contribution in [3.63, 3.8) is 0 Å². The molecule has 0 saturated carbocycles. The van der Waals surface area contributed by atoms with E-state index in [0.29, 0.717) is 12.1 Å². The van der Waals surface area contributed by atoms with Gasteiger partial charge in [0.1, 0.15) is 6.54 Å². The standard InChI is InChI=1S/C13H23N5O/c1-10(6-11-4-2-3-5-15-11)17-12-7-16-18(8-12)9-13(14)19/h7-8,10-11,15,17H,2-6,9H2,1H3,(H2,14,19). The number of carbonyl (C=O) groups is 1. The fourth-order valence-electron chi connectivity index (χ4n) is 2.58. The number of primary amides is 1. The second-order valence-corrected chi connectivity index (χ2v) is 5.32. The number of nitrogens with two attached hydrogens (primary N) is 1. The van der Waals surface area contributed by atoms with Gasteiger partial charge in [0, 0.05) is 18.3 Å². The zero-order valence-corrected chi connectivity index (χ0v) is 11.4. The molecule has 1 fully saturated rings. The molecule has 2 unspecified atom stereocenters. The summed E-state index contributed by atoms with van der Waals surface area (Å²) in [5, 5.41) is 11.0. The van der Waals surface area contributed by atoms with Gasteiger partial charge in [-0.15, -0.1) is 0 Å². The Bertz CT molecular complexity index is 411. The maximum Gasteiger partial charge on any atom is 0.239 e. The molecule has 4 N–H and O–H groups in total. The van der Waals surface area contributed by atoms with E-state index < -0.39 is 0 Å². The molecule has 2 rings (SSSR count). The van der Waals surface area contributed by atoms with Crippen LogP contribution >= 0.6 is 0 Å². The first-order valence-electron chi connectivity index (χ1n) is 6.94. The highest BCUT2D eigenvalue weighted by molar-refractivity contribution is 5.73. The second-order valence-electron chi connectivity index (χ2n) is 5.32. The first kappa shape index (κ1) is 13.9. The molecule has 2 atom stereocenters. The molecule has 0 spiro atoms. The quantitative estimate of drug-likeness (QED) is 0.707. The molecule has 1 aromatic rings. The van der Waals surface area contributed by atoms with Crippen LogP contribution in [-0.4, -0.2) is 34.3 Å². The number of piperidine rings is 1. The highest BCUT2D eigenvalue weighted by atomic mass is 16.1. The maximum absolute atomic E-state index is 10.8. The molecule has 1 amide bonds. The van der Waals surface area contributed by atoms with Crippen molar-refractivity contribution in [3.8, 4) is 0 Å². The highest BCUT2D eigenvalue weighted by Crippen LogP contribution is 2.15. The SMILES string of the molecule is CC(CC1CCCCN1)Nc1cnn(CC(N)=O)c1. The zero-order valence-electron chi connectivity index (χ0n) is 11.4. The van der Waals surface area contributed by atoms with Crippen LogP contribution in [-0.2, 0) is 11.3 Å². The summed E-state index contributed by atoms with van der Waals surface area (Å²) in [6.07, 6.45) is 8.51. The van der Waals surface area contributed by atoms with Crippen LogP contribution in [0.25, 0.3) is 0 Å². The molecule has 6 heteroatoms. The average Bonchev–Trinajstić information content (AvgIpc) is 2.76. The molecule has 1 aliphatic heterocycles. The van der Waals surface area contributed by atoms with Gasteiger partial charge in [0.2, 0.25) is 5.91 Å². The molecule has 0 radical (unpaired) electrons. The lowest BCUT2D eigenvalue weighted by Gasteiger charge is -2.26. The molecular weight excluding hydrogens is 242 g/mol. The van der Waals surface area contributed by atoms with E-state index >= 15 is 0 Å². The Hall–Kier alpha value is -1.56. The molecule has 0 aromatic carbocycles. The smallest absolute Gasteiger partial charge is 0.239 e. The van der Waals surface area contributed by atoms with Crippen molar-refractivity contribution in [2.45, 2.75) is 51.2 Å². The molecule has 1 aliphatic rings. The number of nitrogens with zero attached hydrogens (tertiary/aromatic N) is 2. The Balaban J connectivity index is 1.79. The summed E-state index contributed by atoms with van der Waals surface area (Å²) in [5.41, 5.74) is 6.06. The van der Waals surface area contributed by atoms with Crippen LogP contribution < -0.4 is 16.4 Å². The van der Waals surface area contributed by atoms with Crippen LogP contribution in [0.3, 0.4) is 0 Å². The van der Waals surface area contributed by atoms with Crippen LogP contribution in [0.2, 0.25) is 0 Å². The van der Waals surface area contributed by atoms with E-state index in [4.69, 9.17) is 5.73 Å². The Labute approximate surface area is 113 Å². The molecule has 0 bridgehead atoms. The summed E-state index contributed by atoms with van der Waals surface area (Å²) in [4.78, 5) is 10.8. The fourth-order valence-corrected chi connectivity index (χ4v) is 2.58. The van der Waals surface area contributed by atoms with E-state index in [1.54, 1.807) is 10.9 Å². The fraction of sp³-hybridized carbons (Fsp3) is 0.692. The van der Waals surface area contributed by atoms with Gasteiger partial charge >= 0.3 is 0 Å². The van der Waals surface area contributed by atoms with Crippen molar-refractivity contribution in [1.29, 1.82) is 0 Å². The summed E-state index contributed by atoms with van der Waals surface area (Å²) in [6, 6.07) is 0.985. The van der Waals surface area contributed by atoms with Gasteiger partial charge in [-0.1, -0.05) is 6.42 Å². The monoisotopic (exact) mass is 265 g/mol. The molecule has 2 heterocycles. The third-order valence-corrected chi connectivity index (χ3v) is 3.41. The van der Waals surface area contributed by atoms with Gasteiger partial charge in [-0.2, -0.15) is 5.10 Å². The lowest BCUT2D eigenvalue weighted by atomic mass is 9.99. The van der Waals surface area contributed by atoms with Crippen LogP contribution in [0.4, 0.5) is 5.69 Å². The summed E-state index contributed by atoms with van der Waals surface area (Å²) in [5.74, 6) is -0.380. The molecular formula is C13H23N5O. The van der Waals surface area contributed by atoms with E-state index in [0.717, 1.165) is 18.7 Å². The number of hydrogen-bond donors (Lipinski definition) is 3. The second kappa shape index (κ2) is 6.56. The largest absolute Gasteiger partial charge is 0.380 e. The minimum absolute atomic E-state index is 0.125. The summed E-state index contributed by atoms with van der Waals surface area (Å²) >= 11 is 0. The molecule has 106 valence electrons. The Morgan fingerprint density at radius 3 is 3.21 bits per heavy atom. The van der Waals surface area contributed by atoms with Gasteiger partial charge in [-0.25, -0.2) is 0 Å². The Kier molecular flexibility index (Phi) is 4.79. The number of hydrogen-bond acceptors (Lipinski definition) is 4. The number of carbonyl (C=O) groups excluding carboxylic acids is 1. The van der Waals surface area contributed by atoms with Gasteiger partial charge in [0.05, 0.1) is 11.9 Å². The van der Waals surface area contributed by atoms with Gasteiger partial charge < -0.3 is 16.4 Å². The summed E-state index contributed by atoms with van der Waals surface area (Å²) in [7, 11) is 0. The van der Waals surface area contributed by atoms with Crippen LogP contribution in [0.1, 0.15) is 32.6 Å². The number of aromatic nitrogens is 2. The highest BCUT2D eigenvalue weighted by Gasteiger charge is 2.16. The average molecular weight is 265 g/mol. The minimum Gasteiger partial charge on any atom is -0.380 e. The Morgan fingerprint density at radius 1 is 1.68 bits per heavy atom. The molecule has 19 heavy (non-hydrogen) atoms. The normalized spacial score (nSPS) is 21.0. The predicted molar refractivity (Wildman–Crippen MR) is 74.8 cm³/mol. The van der Waals surface area contributed by atoms with Gasteiger partial charge in [-0.05, 0) is 32.7 Å². The molecule has 1 saturated heterocycles. The third kappa shape index (κ3) is 4.55. The number of rotatable bonds is 6. The van der Waals surface area contributed by atoms with Crippen molar-refractivity contribution in [2.75, 3.05) is 11.9 Å². The van der Waals surface area contributed by atoms with Crippen molar-refractivity contribution in [2.24, 2.45) is 5.73 Å². The molecule has 1 aromatic heterocycles. The first-order valence-corrected chi connectivity index (χ1v) is 6.94. The zero-order chi connectivity index (χ0) is 13.7. The molecule has 0 aliphatic carbocycles. The first-order chi connectivity index (χ1) is 9.13. The summed E-state index contributed by atoms with van der Waals surface area (Å²) in [6.45, 7) is 3.43. The number of nitrogens with one attached hydrogen (secondary N) is 2.